The number of aliphatic imine (C=N–C) groups is 1. The van der Waals surface area contributed by atoms with Crippen LogP contribution in [0.5, 0.6) is 0 Å². The molecule has 18 heavy (non-hydrogen) atoms. The predicted molar refractivity (Wildman–Crippen MR) is 56.8 cm³/mol. The Morgan fingerprint density at radius 1 is 1.22 bits per heavy atom. The van der Waals surface area contributed by atoms with Crippen molar-refractivity contribution in [1.29, 1.82) is 0 Å². The van der Waals surface area contributed by atoms with Crippen LogP contribution in [0.3, 0.4) is 0 Å². The zero-order chi connectivity index (χ0) is 14.4. The first kappa shape index (κ1) is 17.1. The Kier molecular flexibility index (Phi) is 6.51. The van der Waals surface area contributed by atoms with E-state index in [1.807, 2.05) is 0 Å². The Hall–Kier alpha value is -0.920. The number of carbonyl (C=O) groups is 1. The van der Waals surface area contributed by atoms with Crippen LogP contribution in [0.15, 0.2) is 4.99 Å². The van der Waals surface area contributed by atoms with Gasteiger partial charge >= 0.3 is 19.9 Å². The van der Waals surface area contributed by atoms with Crippen LogP contribution in [0.25, 0.3) is 0 Å². The standard InChI is InChI=1S/C8H13F3NO5P/c1-4-16-18(14,17-5-2)6(8(9,10)11)12-7(13)15-3/h4-5H2,1-3H3/b12-6+. The summed E-state index contributed by atoms with van der Waals surface area (Å²) < 4.78 is 62.9. The SMILES string of the molecule is CCOP(=O)(OCC)/C(=N/C(=O)OC)C(F)(F)F. The van der Waals surface area contributed by atoms with Crippen LogP contribution in [0.4, 0.5) is 18.0 Å². The van der Waals surface area contributed by atoms with Gasteiger partial charge in [0, 0.05) is 0 Å². The molecule has 0 N–H and O–H groups in total. The largest absolute Gasteiger partial charge is 0.451 e. The van der Waals surface area contributed by atoms with Crippen molar-refractivity contribution in [2.45, 2.75) is 20.0 Å². The second kappa shape index (κ2) is 6.86. The Bertz CT molecular complexity index is 358. The summed E-state index contributed by atoms with van der Waals surface area (Å²) in [5.41, 5.74) is -1.93. The Labute approximate surface area is 102 Å². The van der Waals surface area contributed by atoms with E-state index in [0.717, 1.165) is 7.11 Å². The molecule has 10 heteroatoms. The predicted octanol–water partition coefficient (Wildman–Crippen LogP) is 2.98. The highest BCUT2D eigenvalue weighted by molar-refractivity contribution is 7.72. The minimum Gasteiger partial charge on any atom is -0.451 e. The fourth-order valence-electron chi connectivity index (χ4n) is 0.911. The van der Waals surface area contributed by atoms with Crippen molar-refractivity contribution >= 4 is 19.1 Å². The summed E-state index contributed by atoms with van der Waals surface area (Å²) in [6, 6.07) is 0. The number of ether oxygens (including phenoxy) is 1. The van der Waals surface area contributed by atoms with Crippen LogP contribution in [-0.4, -0.2) is 38.0 Å². The number of halogens is 3. The molecule has 0 unspecified atom stereocenters. The van der Waals surface area contributed by atoms with Gasteiger partial charge < -0.3 is 13.8 Å². The number of nitrogens with zero attached hydrogens (tertiary/aromatic N) is 1. The van der Waals surface area contributed by atoms with Crippen molar-refractivity contribution in [2.24, 2.45) is 4.99 Å². The van der Waals surface area contributed by atoms with Gasteiger partial charge in [0.1, 0.15) is 0 Å². The molecule has 0 aliphatic heterocycles. The minimum absolute atomic E-state index is 0.298. The molecule has 0 spiro atoms. The molecule has 106 valence electrons. The molecule has 0 bridgehead atoms. The van der Waals surface area contributed by atoms with Gasteiger partial charge in [-0.15, -0.1) is 0 Å². The second-order valence-electron chi connectivity index (χ2n) is 2.74. The molecular weight excluding hydrogens is 278 g/mol. The second-order valence-corrected chi connectivity index (χ2v) is 4.67. The molecule has 0 aromatic carbocycles. The Balaban J connectivity index is 5.60. The van der Waals surface area contributed by atoms with Crippen LogP contribution in [0.2, 0.25) is 0 Å². The summed E-state index contributed by atoms with van der Waals surface area (Å²) in [6.45, 7) is 2.07. The number of rotatable bonds is 5. The number of carbonyl (C=O) groups excluding carboxylic acids is 1. The van der Waals surface area contributed by atoms with Crippen molar-refractivity contribution in [3.05, 3.63) is 0 Å². The van der Waals surface area contributed by atoms with Crippen LogP contribution in [0, 0.1) is 0 Å². The number of hydrogen-bond acceptors (Lipinski definition) is 5. The van der Waals surface area contributed by atoms with E-state index in [1.54, 1.807) is 0 Å². The third-order valence-electron chi connectivity index (χ3n) is 1.48. The minimum atomic E-state index is -5.13. The fraction of sp³-hybridized carbons (Fsp3) is 0.750. The molecule has 0 radical (unpaired) electrons. The maximum atomic E-state index is 12.7. The van der Waals surface area contributed by atoms with Gasteiger partial charge in [-0.25, -0.2) is 4.79 Å². The Morgan fingerprint density at radius 3 is 1.94 bits per heavy atom. The summed E-state index contributed by atoms with van der Waals surface area (Å²) in [5, 5.41) is 0. The van der Waals surface area contributed by atoms with Crippen LogP contribution >= 0.6 is 7.60 Å². The maximum Gasteiger partial charge on any atom is 0.441 e. The smallest absolute Gasteiger partial charge is 0.441 e. The van der Waals surface area contributed by atoms with Crippen molar-refractivity contribution in [1.82, 2.24) is 0 Å². The van der Waals surface area contributed by atoms with Gasteiger partial charge in [-0.2, -0.15) is 18.2 Å². The highest BCUT2D eigenvalue weighted by Gasteiger charge is 2.51. The first-order valence-corrected chi connectivity index (χ1v) is 6.39. The van der Waals surface area contributed by atoms with Crippen LogP contribution in [-0.2, 0) is 18.3 Å². The van der Waals surface area contributed by atoms with E-state index in [2.05, 4.69) is 18.8 Å². The number of alkyl halides is 3. The topological polar surface area (TPSA) is 74.2 Å². The molecule has 0 rings (SSSR count). The van der Waals surface area contributed by atoms with E-state index in [1.165, 1.54) is 13.8 Å². The quantitative estimate of drug-likeness (QED) is 0.575. The van der Waals surface area contributed by atoms with Gasteiger partial charge in [0.05, 0.1) is 20.3 Å². The lowest BCUT2D eigenvalue weighted by Crippen LogP contribution is -2.26. The van der Waals surface area contributed by atoms with Gasteiger partial charge in [0.15, 0.2) is 0 Å². The van der Waals surface area contributed by atoms with Crippen LogP contribution in [0.1, 0.15) is 13.8 Å². The number of hydrogen-bond donors (Lipinski definition) is 0. The van der Waals surface area contributed by atoms with Gasteiger partial charge in [0.25, 0.3) is 0 Å². The number of amides is 1. The molecule has 0 heterocycles. The van der Waals surface area contributed by atoms with E-state index < -0.39 is 25.3 Å². The summed E-state index contributed by atoms with van der Waals surface area (Å²) in [7, 11) is -3.85. The van der Waals surface area contributed by atoms with E-state index in [9.17, 15) is 22.5 Å². The summed E-state index contributed by atoms with van der Waals surface area (Å²) in [5.74, 6) is 0. The number of methoxy groups -OCH3 is 1. The lowest BCUT2D eigenvalue weighted by molar-refractivity contribution is -0.0574. The van der Waals surface area contributed by atoms with Gasteiger partial charge in [-0.3, -0.25) is 4.57 Å². The molecule has 0 saturated heterocycles. The molecule has 1 amide bonds. The third kappa shape index (κ3) is 4.75. The molecule has 0 aromatic heterocycles. The lowest BCUT2D eigenvalue weighted by Gasteiger charge is -2.19. The molecule has 6 nitrogen and oxygen atoms in total. The molecule has 0 aromatic rings. The fourth-order valence-corrected chi connectivity index (χ4v) is 2.43. The third-order valence-corrected chi connectivity index (χ3v) is 3.55. The zero-order valence-corrected chi connectivity index (χ0v) is 10.9. The van der Waals surface area contributed by atoms with Crippen molar-refractivity contribution in [3.8, 4) is 0 Å². The summed E-state index contributed by atoms with van der Waals surface area (Å²) in [6.07, 6.45) is -6.67. The van der Waals surface area contributed by atoms with E-state index in [-0.39, 0.29) is 13.2 Å². The Morgan fingerprint density at radius 2 is 1.67 bits per heavy atom. The first-order valence-electron chi connectivity index (χ1n) is 4.84. The normalized spacial score (nSPS) is 13.6. The van der Waals surface area contributed by atoms with Crippen molar-refractivity contribution < 1.29 is 36.3 Å². The van der Waals surface area contributed by atoms with E-state index in [0.29, 0.717) is 0 Å². The summed E-state index contributed by atoms with van der Waals surface area (Å²) >= 11 is 0. The highest BCUT2D eigenvalue weighted by Crippen LogP contribution is 2.54. The monoisotopic (exact) mass is 291 g/mol. The molecular formula is C8H13F3NO5P. The summed E-state index contributed by atoms with van der Waals surface area (Å²) in [4.78, 5) is 13.4. The highest BCUT2D eigenvalue weighted by atomic mass is 31.2. The lowest BCUT2D eigenvalue weighted by atomic mass is 10.7. The zero-order valence-electron chi connectivity index (χ0n) is 9.98. The van der Waals surface area contributed by atoms with Gasteiger partial charge in [-0.1, -0.05) is 0 Å². The average Bonchev–Trinajstić information content (AvgIpc) is 2.24. The van der Waals surface area contributed by atoms with E-state index >= 15 is 0 Å². The molecule has 0 atom stereocenters. The molecule has 0 fully saturated rings. The van der Waals surface area contributed by atoms with Crippen LogP contribution < -0.4 is 0 Å². The van der Waals surface area contributed by atoms with Crippen molar-refractivity contribution in [2.75, 3.05) is 20.3 Å². The molecule has 0 saturated carbocycles. The van der Waals surface area contributed by atoms with Gasteiger partial charge in [0.2, 0.25) is 5.45 Å². The van der Waals surface area contributed by atoms with Crippen molar-refractivity contribution in [3.63, 3.8) is 0 Å². The maximum absolute atomic E-state index is 12.7. The average molecular weight is 291 g/mol. The molecule has 0 aliphatic carbocycles. The van der Waals surface area contributed by atoms with Gasteiger partial charge in [-0.05, 0) is 13.8 Å². The van der Waals surface area contributed by atoms with E-state index in [4.69, 9.17) is 0 Å². The first-order chi connectivity index (χ1) is 8.21. The molecule has 0 aliphatic rings.